The zero-order valence-electron chi connectivity index (χ0n) is 18.0. The average Bonchev–Trinajstić information content (AvgIpc) is 3.12. The second kappa shape index (κ2) is 11.5. The molecule has 0 unspecified atom stereocenters. The van der Waals surface area contributed by atoms with Gasteiger partial charge in [-0.2, -0.15) is 0 Å². The van der Waals surface area contributed by atoms with Crippen LogP contribution in [0, 0.1) is 6.92 Å². The summed E-state index contributed by atoms with van der Waals surface area (Å²) in [6.07, 6.45) is 8.35. The number of aryl methyl sites for hydroxylation is 2. The van der Waals surface area contributed by atoms with Crippen molar-refractivity contribution in [2.75, 3.05) is 6.61 Å². The summed E-state index contributed by atoms with van der Waals surface area (Å²) in [6.45, 7) is 2.41. The minimum atomic E-state index is -0.489. The lowest BCUT2D eigenvalue weighted by atomic mass is 10.0. The van der Waals surface area contributed by atoms with Crippen LogP contribution in [0.2, 0.25) is 0 Å². The molecule has 4 heteroatoms. The molecule has 2 aromatic rings. The van der Waals surface area contributed by atoms with Gasteiger partial charge in [0.05, 0.1) is 6.04 Å². The fourth-order valence-corrected chi connectivity index (χ4v) is 3.99. The molecule has 1 aliphatic heterocycles. The number of cyclic esters (lactones) is 1. The zero-order valence-corrected chi connectivity index (χ0v) is 18.0. The Morgan fingerprint density at radius 3 is 2.30 bits per heavy atom. The van der Waals surface area contributed by atoms with E-state index in [2.05, 4.69) is 31.2 Å². The number of unbranched alkanes of at least 4 members (excludes halogenated alkanes) is 5. The first kappa shape index (κ1) is 22.1. The van der Waals surface area contributed by atoms with Gasteiger partial charge in [0.1, 0.15) is 6.61 Å². The number of nitrogens with zero attached hydrogens (tertiary/aromatic N) is 1. The first-order chi connectivity index (χ1) is 14.6. The third-order valence-corrected chi connectivity index (χ3v) is 5.77. The van der Waals surface area contributed by atoms with Gasteiger partial charge >= 0.3 is 6.09 Å². The fraction of sp³-hybridized carbons (Fsp3) is 0.462. The Morgan fingerprint density at radius 2 is 1.57 bits per heavy atom. The summed E-state index contributed by atoms with van der Waals surface area (Å²) < 4.78 is 5.15. The largest absolute Gasteiger partial charge is 0.447 e. The van der Waals surface area contributed by atoms with Gasteiger partial charge < -0.3 is 4.74 Å². The van der Waals surface area contributed by atoms with Gasteiger partial charge in [0.15, 0.2) is 0 Å². The van der Waals surface area contributed by atoms with Crippen molar-refractivity contribution in [3.63, 3.8) is 0 Å². The molecular weight excluding hydrogens is 374 g/mol. The third-order valence-electron chi connectivity index (χ3n) is 5.77. The third kappa shape index (κ3) is 6.72. The molecule has 0 bridgehead atoms. The van der Waals surface area contributed by atoms with Crippen molar-refractivity contribution < 1.29 is 14.3 Å². The highest BCUT2D eigenvalue weighted by molar-refractivity contribution is 5.93. The lowest BCUT2D eigenvalue weighted by molar-refractivity contribution is -0.129. The van der Waals surface area contributed by atoms with Gasteiger partial charge in [0.2, 0.25) is 5.91 Å². The molecule has 3 rings (SSSR count). The van der Waals surface area contributed by atoms with Crippen molar-refractivity contribution in [3.8, 4) is 0 Å². The summed E-state index contributed by atoms with van der Waals surface area (Å²) in [5.41, 5.74) is 3.83. The highest BCUT2D eigenvalue weighted by Gasteiger charge is 2.37. The summed E-state index contributed by atoms with van der Waals surface area (Å²) in [5, 5.41) is 0. The van der Waals surface area contributed by atoms with E-state index < -0.39 is 6.09 Å². The minimum Gasteiger partial charge on any atom is -0.447 e. The van der Waals surface area contributed by atoms with E-state index in [1.54, 1.807) is 0 Å². The van der Waals surface area contributed by atoms with E-state index in [-0.39, 0.29) is 11.9 Å². The monoisotopic (exact) mass is 407 g/mol. The van der Waals surface area contributed by atoms with Crippen LogP contribution in [0.5, 0.6) is 0 Å². The number of carbonyl (C=O) groups is 2. The van der Waals surface area contributed by atoms with Crippen molar-refractivity contribution in [1.29, 1.82) is 0 Å². The Hall–Kier alpha value is -2.62. The number of hydrogen-bond acceptors (Lipinski definition) is 3. The average molecular weight is 408 g/mol. The molecule has 0 aromatic heterocycles. The van der Waals surface area contributed by atoms with Crippen molar-refractivity contribution >= 4 is 12.0 Å². The molecule has 0 N–H and O–H groups in total. The molecule has 2 aromatic carbocycles. The summed E-state index contributed by atoms with van der Waals surface area (Å²) >= 11 is 0. The molecule has 4 nitrogen and oxygen atoms in total. The molecule has 1 saturated heterocycles. The SMILES string of the molecule is Cc1ccc(CCCCCCCCC(=O)N2C(=O)OC[C@@H]2Cc2ccccc2)cc1. The first-order valence-corrected chi connectivity index (χ1v) is 11.2. The molecule has 160 valence electrons. The molecule has 30 heavy (non-hydrogen) atoms. The maximum Gasteiger partial charge on any atom is 0.416 e. The summed E-state index contributed by atoms with van der Waals surface area (Å²) in [5.74, 6) is -0.0993. The van der Waals surface area contributed by atoms with Crippen LogP contribution in [0.3, 0.4) is 0 Å². The second-order valence-corrected chi connectivity index (χ2v) is 8.29. The smallest absolute Gasteiger partial charge is 0.416 e. The second-order valence-electron chi connectivity index (χ2n) is 8.29. The fourth-order valence-electron chi connectivity index (χ4n) is 3.99. The van der Waals surface area contributed by atoms with Crippen LogP contribution in [0.25, 0.3) is 0 Å². The predicted octanol–water partition coefficient (Wildman–Crippen LogP) is 5.86. The maximum atomic E-state index is 12.6. The van der Waals surface area contributed by atoms with Crippen LogP contribution in [0.15, 0.2) is 54.6 Å². The van der Waals surface area contributed by atoms with Crippen molar-refractivity contribution in [2.24, 2.45) is 0 Å². The first-order valence-electron chi connectivity index (χ1n) is 11.2. The highest BCUT2D eigenvalue weighted by Crippen LogP contribution is 2.20. The van der Waals surface area contributed by atoms with Gasteiger partial charge in [0, 0.05) is 6.42 Å². The number of benzene rings is 2. The number of rotatable bonds is 11. The number of ether oxygens (including phenoxy) is 1. The van der Waals surface area contributed by atoms with Gasteiger partial charge in [-0.05, 0) is 43.7 Å². The number of carbonyl (C=O) groups excluding carboxylic acids is 2. The molecule has 0 aliphatic carbocycles. The minimum absolute atomic E-state index is 0.0993. The summed E-state index contributed by atoms with van der Waals surface area (Å²) in [4.78, 5) is 26.0. The lowest BCUT2D eigenvalue weighted by Crippen LogP contribution is -2.40. The number of hydrogen-bond donors (Lipinski definition) is 0. The van der Waals surface area contributed by atoms with E-state index in [9.17, 15) is 9.59 Å². The van der Waals surface area contributed by atoms with Gasteiger partial charge in [-0.3, -0.25) is 4.79 Å². The van der Waals surface area contributed by atoms with Crippen LogP contribution < -0.4 is 0 Å². The summed E-state index contributed by atoms with van der Waals surface area (Å²) in [7, 11) is 0. The highest BCUT2D eigenvalue weighted by atomic mass is 16.6. The molecule has 1 aliphatic rings. The van der Waals surface area contributed by atoms with Crippen LogP contribution in [-0.4, -0.2) is 29.5 Å². The maximum absolute atomic E-state index is 12.6. The number of amides is 2. The topological polar surface area (TPSA) is 46.6 Å². The van der Waals surface area contributed by atoms with E-state index >= 15 is 0 Å². The Balaban J connectivity index is 1.29. The Bertz CT molecular complexity index is 801. The van der Waals surface area contributed by atoms with E-state index in [0.29, 0.717) is 19.4 Å². The zero-order chi connectivity index (χ0) is 21.2. The Kier molecular flexibility index (Phi) is 8.49. The molecule has 0 saturated carbocycles. The van der Waals surface area contributed by atoms with E-state index in [0.717, 1.165) is 31.2 Å². The molecule has 1 heterocycles. The molecule has 1 atom stereocenters. The van der Waals surface area contributed by atoms with Crippen molar-refractivity contribution in [2.45, 2.75) is 70.8 Å². The standard InChI is InChI=1S/C26H33NO3/c1-21-15-17-22(18-16-21)11-7-4-2-3-5-10-14-25(28)27-24(20-30-26(27)29)19-23-12-8-6-9-13-23/h6,8-9,12-13,15-18,24H,2-5,7,10-11,14,19-20H2,1H3/t24-/m0/s1. The normalized spacial score (nSPS) is 16.0. The molecular formula is C26H33NO3. The van der Waals surface area contributed by atoms with Gasteiger partial charge in [-0.15, -0.1) is 0 Å². The lowest BCUT2D eigenvalue weighted by Gasteiger charge is -2.19. The quantitative estimate of drug-likeness (QED) is 0.438. The van der Waals surface area contributed by atoms with Gasteiger partial charge in [0.25, 0.3) is 0 Å². The van der Waals surface area contributed by atoms with E-state index in [1.807, 2.05) is 30.3 Å². The molecule has 0 radical (unpaired) electrons. The van der Waals surface area contributed by atoms with Crippen molar-refractivity contribution in [3.05, 3.63) is 71.3 Å². The Morgan fingerprint density at radius 1 is 0.900 bits per heavy atom. The van der Waals surface area contributed by atoms with E-state index in [4.69, 9.17) is 4.74 Å². The van der Waals surface area contributed by atoms with Gasteiger partial charge in [-0.1, -0.05) is 85.8 Å². The number of imide groups is 1. The van der Waals surface area contributed by atoms with Crippen LogP contribution >= 0.6 is 0 Å². The predicted molar refractivity (Wildman–Crippen MR) is 119 cm³/mol. The summed E-state index contributed by atoms with van der Waals surface area (Å²) in [6, 6.07) is 18.5. The Labute approximate surface area is 180 Å². The van der Waals surface area contributed by atoms with Crippen LogP contribution in [-0.2, 0) is 22.4 Å². The van der Waals surface area contributed by atoms with Crippen molar-refractivity contribution in [1.82, 2.24) is 4.90 Å². The van der Waals surface area contributed by atoms with Crippen LogP contribution in [0.1, 0.15) is 61.6 Å². The van der Waals surface area contributed by atoms with E-state index in [1.165, 1.54) is 35.3 Å². The van der Waals surface area contributed by atoms with Gasteiger partial charge in [-0.25, -0.2) is 9.69 Å². The van der Waals surface area contributed by atoms with Crippen LogP contribution in [0.4, 0.5) is 4.79 Å². The molecule has 1 fully saturated rings. The molecule has 0 spiro atoms. The molecule has 2 amide bonds.